The number of ether oxygens (including phenoxy) is 1. The first kappa shape index (κ1) is 12.8. The van der Waals surface area contributed by atoms with Crippen LogP contribution in [0.3, 0.4) is 0 Å². The van der Waals surface area contributed by atoms with Gasteiger partial charge in [-0.15, -0.1) is 0 Å². The Morgan fingerprint density at radius 2 is 1.95 bits per heavy atom. The molecular weight excluding hydrogens is 238 g/mol. The minimum atomic E-state index is 0.321. The summed E-state index contributed by atoms with van der Waals surface area (Å²) in [5.41, 5.74) is 1.46. The van der Waals surface area contributed by atoms with Gasteiger partial charge >= 0.3 is 0 Å². The molecule has 0 heterocycles. The summed E-state index contributed by atoms with van der Waals surface area (Å²) in [6, 6.07) is 7.90. The molecule has 2 aliphatic carbocycles. The molecule has 1 aromatic carbocycles. The fourth-order valence-corrected chi connectivity index (χ4v) is 3.85. The number of phenolic OH excluding ortho intramolecular Hbond substituents is 1. The average molecular weight is 261 g/mol. The minimum absolute atomic E-state index is 0.321. The highest BCUT2D eigenvalue weighted by Crippen LogP contribution is 2.55. The topological polar surface area (TPSA) is 41.5 Å². The second-order valence-corrected chi connectivity index (χ2v) is 5.86. The van der Waals surface area contributed by atoms with Gasteiger partial charge in [0.1, 0.15) is 5.75 Å². The number of benzene rings is 1. The zero-order valence-electron chi connectivity index (χ0n) is 11.6. The largest absolute Gasteiger partial charge is 0.508 e. The van der Waals surface area contributed by atoms with Crippen molar-refractivity contribution in [2.24, 2.45) is 5.41 Å². The monoisotopic (exact) mass is 261 g/mol. The van der Waals surface area contributed by atoms with Gasteiger partial charge in [-0.3, -0.25) is 0 Å². The molecule has 2 aliphatic rings. The Morgan fingerprint density at radius 1 is 1.26 bits per heavy atom. The molecule has 3 heteroatoms. The Balaban J connectivity index is 1.70. The summed E-state index contributed by atoms with van der Waals surface area (Å²) < 4.78 is 5.92. The van der Waals surface area contributed by atoms with Crippen molar-refractivity contribution in [3.8, 4) is 5.75 Å². The fraction of sp³-hybridized carbons (Fsp3) is 0.625. The molecule has 0 radical (unpaired) electrons. The second kappa shape index (κ2) is 5.04. The number of hydrogen-bond acceptors (Lipinski definition) is 3. The third-order valence-electron chi connectivity index (χ3n) is 4.90. The van der Waals surface area contributed by atoms with Crippen LogP contribution in [0, 0.1) is 5.41 Å². The lowest BCUT2D eigenvalue weighted by Crippen LogP contribution is -2.60. The standard InChI is InChI=1S/C16H23NO2/c1-2-19-15-11-14(16(15)9-3-4-10-16)17-12-5-7-13(18)8-6-12/h5-8,14-15,17-18H,2-4,9-11H2,1H3. The Labute approximate surface area is 115 Å². The third kappa shape index (κ3) is 2.20. The van der Waals surface area contributed by atoms with E-state index in [9.17, 15) is 5.11 Å². The highest BCUT2D eigenvalue weighted by molar-refractivity contribution is 5.48. The van der Waals surface area contributed by atoms with Gasteiger partial charge in [0.05, 0.1) is 6.10 Å². The molecule has 2 fully saturated rings. The molecule has 0 aromatic heterocycles. The normalized spacial score (nSPS) is 28.3. The van der Waals surface area contributed by atoms with Crippen LogP contribution in [0.15, 0.2) is 24.3 Å². The van der Waals surface area contributed by atoms with Crippen LogP contribution in [0.5, 0.6) is 5.75 Å². The van der Waals surface area contributed by atoms with Crippen molar-refractivity contribution in [3.63, 3.8) is 0 Å². The Bertz CT molecular complexity index is 423. The van der Waals surface area contributed by atoms with Crippen LogP contribution >= 0.6 is 0 Å². The second-order valence-electron chi connectivity index (χ2n) is 5.86. The van der Waals surface area contributed by atoms with Crippen LogP contribution < -0.4 is 5.32 Å². The fourth-order valence-electron chi connectivity index (χ4n) is 3.85. The average Bonchev–Trinajstić information content (AvgIpc) is 2.92. The first-order valence-corrected chi connectivity index (χ1v) is 7.42. The molecule has 2 unspecified atom stereocenters. The van der Waals surface area contributed by atoms with Gasteiger partial charge in [-0.1, -0.05) is 12.8 Å². The zero-order chi connectivity index (χ0) is 13.3. The van der Waals surface area contributed by atoms with E-state index in [1.807, 2.05) is 12.1 Å². The van der Waals surface area contributed by atoms with E-state index in [1.165, 1.54) is 25.7 Å². The molecule has 19 heavy (non-hydrogen) atoms. The summed E-state index contributed by atoms with van der Waals surface area (Å²) in [6.07, 6.45) is 6.78. The number of anilines is 1. The summed E-state index contributed by atoms with van der Waals surface area (Å²) in [5, 5.41) is 13.0. The molecule has 3 rings (SSSR count). The summed E-state index contributed by atoms with van der Waals surface area (Å²) in [4.78, 5) is 0. The molecule has 0 amide bonds. The maximum atomic E-state index is 9.33. The molecule has 2 N–H and O–H groups in total. The first-order valence-electron chi connectivity index (χ1n) is 7.42. The van der Waals surface area contributed by atoms with Crippen LogP contribution in [-0.2, 0) is 4.74 Å². The van der Waals surface area contributed by atoms with E-state index in [0.29, 0.717) is 23.3 Å². The van der Waals surface area contributed by atoms with Gasteiger partial charge in [-0.25, -0.2) is 0 Å². The maximum Gasteiger partial charge on any atom is 0.115 e. The third-order valence-corrected chi connectivity index (χ3v) is 4.90. The first-order chi connectivity index (χ1) is 9.24. The van der Waals surface area contributed by atoms with E-state index >= 15 is 0 Å². The van der Waals surface area contributed by atoms with Crippen LogP contribution in [-0.4, -0.2) is 23.9 Å². The molecular formula is C16H23NO2. The summed E-state index contributed by atoms with van der Waals surface area (Å²) in [7, 11) is 0. The number of hydrogen-bond donors (Lipinski definition) is 2. The van der Waals surface area contributed by atoms with E-state index in [4.69, 9.17) is 4.74 Å². The van der Waals surface area contributed by atoms with Gasteiger partial charge in [0.2, 0.25) is 0 Å². The zero-order valence-corrected chi connectivity index (χ0v) is 11.6. The van der Waals surface area contributed by atoms with Crippen molar-refractivity contribution in [3.05, 3.63) is 24.3 Å². The van der Waals surface area contributed by atoms with E-state index < -0.39 is 0 Å². The molecule has 0 aliphatic heterocycles. The van der Waals surface area contributed by atoms with E-state index in [-0.39, 0.29) is 0 Å². The molecule has 2 saturated carbocycles. The predicted molar refractivity (Wildman–Crippen MR) is 76.4 cm³/mol. The Morgan fingerprint density at radius 3 is 2.58 bits per heavy atom. The van der Waals surface area contributed by atoms with Crippen molar-refractivity contribution >= 4 is 5.69 Å². The van der Waals surface area contributed by atoms with Gasteiger partial charge in [-0.05, 0) is 50.5 Å². The quantitative estimate of drug-likeness (QED) is 0.815. The van der Waals surface area contributed by atoms with Crippen molar-refractivity contribution in [2.45, 2.75) is 51.2 Å². The SMILES string of the molecule is CCOC1CC(Nc2ccc(O)cc2)C12CCCC2. The van der Waals surface area contributed by atoms with E-state index in [2.05, 4.69) is 12.2 Å². The molecule has 104 valence electrons. The molecule has 2 atom stereocenters. The lowest BCUT2D eigenvalue weighted by atomic mass is 9.60. The van der Waals surface area contributed by atoms with Crippen molar-refractivity contribution < 1.29 is 9.84 Å². The van der Waals surface area contributed by atoms with E-state index in [1.54, 1.807) is 12.1 Å². The lowest BCUT2D eigenvalue weighted by Gasteiger charge is -2.54. The Hall–Kier alpha value is -1.22. The van der Waals surface area contributed by atoms with Crippen molar-refractivity contribution in [1.82, 2.24) is 0 Å². The molecule has 1 spiro atoms. The molecule has 3 nitrogen and oxygen atoms in total. The molecule has 0 saturated heterocycles. The number of phenols is 1. The van der Waals surface area contributed by atoms with Crippen LogP contribution in [0.2, 0.25) is 0 Å². The van der Waals surface area contributed by atoms with Crippen LogP contribution in [0.4, 0.5) is 5.69 Å². The van der Waals surface area contributed by atoms with Gasteiger partial charge in [0.15, 0.2) is 0 Å². The predicted octanol–water partition coefficient (Wildman–Crippen LogP) is 3.54. The smallest absolute Gasteiger partial charge is 0.115 e. The van der Waals surface area contributed by atoms with Gasteiger partial charge in [0, 0.05) is 23.8 Å². The molecule has 0 bridgehead atoms. The lowest BCUT2D eigenvalue weighted by molar-refractivity contribution is -0.114. The number of rotatable bonds is 4. The van der Waals surface area contributed by atoms with Gasteiger partial charge < -0.3 is 15.2 Å². The van der Waals surface area contributed by atoms with Crippen molar-refractivity contribution in [2.75, 3.05) is 11.9 Å². The van der Waals surface area contributed by atoms with Crippen molar-refractivity contribution in [1.29, 1.82) is 0 Å². The van der Waals surface area contributed by atoms with Gasteiger partial charge in [-0.2, -0.15) is 0 Å². The Kier molecular flexibility index (Phi) is 3.40. The van der Waals surface area contributed by atoms with E-state index in [0.717, 1.165) is 18.7 Å². The molecule has 1 aromatic rings. The highest BCUT2D eigenvalue weighted by Gasteiger charge is 2.56. The number of nitrogens with one attached hydrogen (secondary N) is 1. The summed E-state index contributed by atoms with van der Waals surface area (Å²) in [6.45, 7) is 2.90. The summed E-state index contributed by atoms with van der Waals surface area (Å²) >= 11 is 0. The van der Waals surface area contributed by atoms with Crippen LogP contribution in [0.1, 0.15) is 39.0 Å². The highest BCUT2D eigenvalue weighted by atomic mass is 16.5. The maximum absolute atomic E-state index is 9.33. The van der Waals surface area contributed by atoms with Gasteiger partial charge in [0.25, 0.3) is 0 Å². The van der Waals surface area contributed by atoms with Crippen LogP contribution in [0.25, 0.3) is 0 Å². The minimum Gasteiger partial charge on any atom is -0.508 e. The summed E-state index contributed by atoms with van der Waals surface area (Å²) in [5.74, 6) is 0.321. The number of aromatic hydroxyl groups is 1.